The molecule has 0 heterocycles. The maximum Gasteiger partial charge on any atom is 0.334 e. The van der Waals surface area contributed by atoms with E-state index in [0.29, 0.717) is 0 Å². The Labute approximate surface area is 331 Å². The minimum atomic E-state index is -1.46. The first-order chi connectivity index (χ1) is 26.1. The van der Waals surface area contributed by atoms with Crippen LogP contribution in [0.15, 0.2) is 0 Å². The summed E-state index contributed by atoms with van der Waals surface area (Å²) in [5.41, 5.74) is 45.9. The Balaban J connectivity index is -0.000000219. The number of rotatable bonds is 17. The van der Waals surface area contributed by atoms with Crippen molar-refractivity contribution in [3.05, 3.63) is 0 Å². The molecule has 0 aromatic rings. The van der Waals surface area contributed by atoms with Crippen LogP contribution in [0.4, 0.5) is 0 Å². The van der Waals surface area contributed by atoms with Gasteiger partial charge in [0, 0.05) is 0 Å². The van der Waals surface area contributed by atoms with Crippen LogP contribution in [-0.4, -0.2) is 157 Å². The van der Waals surface area contributed by atoms with E-state index in [1.165, 1.54) is 27.7 Å². The van der Waals surface area contributed by atoms with Crippen molar-refractivity contribution in [2.45, 2.75) is 115 Å². The van der Waals surface area contributed by atoms with Gasteiger partial charge in [-0.15, -0.1) is 0 Å². The first-order valence-corrected chi connectivity index (χ1v) is 16.4. The first kappa shape index (κ1) is 61.9. The zero-order valence-electron chi connectivity index (χ0n) is 32.7. The van der Waals surface area contributed by atoms with Gasteiger partial charge in [0.05, 0.1) is 25.0 Å². The lowest BCUT2D eigenvalue weighted by Crippen LogP contribution is -2.46. The normalized spacial score (nSPS) is 15.3. The van der Waals surface area contributed by atoms with Gasteiger partial charge in [0.25, 0.3) is 0 Å². The smallest absolute Gasteiger partial charge is 0.334 e. The number of carboxylic acids is 4. The summed E-state index contributed by atoms with van der Waals surface area (Å²) in [5.74, 6) is -10.3. The van der Waals surface area contributed by atoms with Crippen molar-refractivity contribution >= 4 is 59.6 Å². The summed E-state index contributed by atoms with van der Waals surface area (Å²) in [7, 11) is 0. The summed E-state index contributed by atoms with van der Waals surface area (Å²) < 4.78 is 13.1. The van der Waals surface area contributed by atoms with Crippen molar-refractivity contribution in [1.82, 2.24) is 0 Å². The van der Waals surface area contributed by atoms with Gasteiger partial charge in [0.2, 0.25) is 5.91 Å². The molecule has 0 unspecified atom stereocenters. The Morgan fingerprint density at radius 2 is 0.845 bits per heavy atom. The molecule has 0 fully saturated rings. The molecule has 0 aromatic heterocycles. The molecule has 0 radical (unpaired) electrons. The maximum absolute atomic E-state index is 11.4. The molecule has 0 spiro atoms. The Morgan fingerprint density at radius 1 is 0.466 bits per heavy atom. The standard InChI is InChI=1S/C11H20N4O7.C6H12N2O3.C5H11NO2.C4H7NO4.C4H9NO3/c1-4(16)8(15)11(20)22-10(19)6(13)3-21-9(18)5(12)2-7(14)17;1-3(7)5(9)11-6(10)4(2)8;1-3(2)4(6)5(7)8;5-2(4(8)9)1-3(6)7;1-2(6)3(5)4(7)8/h4-6,8,16H,2-3,12-13,15H2,1H3,(H2,14,17);3-4H,7-8H2,1-2H3;3-4H,6H2,1-2H3,(H,7,8);2H,1,5H2,(H,6,7)(H,8,9);2-3,6H,5H2,1H3,(H,7,8)/t4-,5+,6+,8+;3-,4-;4-;2-;2-,3+/m10001/s1. The highest BCUT2D eigenvalue weighted by Gasteiger charge is 2.28. The highest BCUT2D eigenvalue weighted by atomic mass is 16.6. The van der Waals surface area contributed by atoms with Crippen LogP contribution >= 0.6 is 0 Å². The molecule has 1 amide bonds. The quantitative estimate of drug-likeness (QED) is 0.0367. The Kier molecular flexibility index (Phi) is 35.0. The maximum atomic E-state index is 11.4. The predicted molar refractivity (Wildman–Crippen MR) is 195 cm³/mol. The molecule has 338 valence electrons. The number of amides is 1. The van der Waals surface area contributed by atoms with Gasteiger partial charge < -0.3 is 96.5 Å². The lowest BCUT2D eigenvalue weighted by atomic mass is 10.1. The molecule has 0 aliphatic carbocycles. The van der Waals surface area contributed by atoms with Gasteiger partial charge in [-0.05, 0) is 33.6 Å². The van der Waals surface area contributed by atoms with Crippen molar-refractivity contribution in [1.29, 1.82) is 0 Å². The fraction of sp³-hybridized carbons (Fsp3) is 0.667. The van der Waals surface area contributed by atoms with E-state index < -0.39 is 140 Å². The van der Waals surface area contributed by atoms with Gasteiger partial charge in [0.15, 0.2) is 0 Å². The Morgan fingerprint density at radius 3 is 1.07 bits per heavy atom. The van der Waals surface area contributed by atoms with Crippen LogP contribution in [0.2, 0.25) is 0 Å². The van der Waals surface area contributed by atoms with E-state index in [9.17, 15) is 47.9 Å². The number of carbonyl (C=O) groups is 10. The molecular weight excluding hydrogens is 790 g/mol. The van der Waals surface area contributed by atoms with Gasteiger partial charge in [-0.1, -0.05) is 13.8 Å². The van der Waals surface area contributed by atoms with Crippen LogP contribution in [0.5, 0.6) is 0 Å². The highest BCUT2D eigenvalue weighted by molar-refractivity contribution is 5.91. The molecule has 28 heteroatoms. The molecule has 10 atom stereocenters. The van der Waals surface area contributed by atoms with E-state index in [2.05, 4.69) is 14.2 Å². The van der Waals surface area contributed by atoms with Crippen LogP contribution < -0.4 is 51.6 Å². The summed E-state index contributed by atoms with van der Waals surface area (Å²) in [6.45, 7) is 8.35. The molecule has 0 saturated heterocycles. The Hall–Kier alpha value is -5.30. The lowest BCUT2D eigenvalue weighted by molar-refractivity contribution is -0.165. The predicted octanol–water partition coefficient (Wildman–Crippen LogP) is -7.71. The second-order valence-corrected chi connectivity index (χ2v) is 12.1. The minimum Gasteiger partial charge on any atom is -0.481 e. The van der Waals surface area contributed by atoms with E-state index in [1.807, 2.05) is 0 Å². The number of aliphatic hydroxyl groups is 2. The fourth-order valence-electron chi connectivity index (χ4n) is 2.14. The summed E-state index contributed by atoms with van der Waals surface area (Å²) >= 11 is 0. The number of esters is 5. The molecule has 0 rings (SSSR count). The summed E-state index contributed by atoms with van der Waals surface area (Å²) in [6.07, 6.45) is -3.16. The van der Waals surface area contributed by atoms with Gasteiger partial charge in [-0.25, -0.2) is 19.2 Å². The first-order valence-electron chi connectivity index (χ1n) is 16.4. The molecule has 0 saturated carbocycles. The summed E-state index contributed by atoms with van der Waals surface area (Å²) in [4.78, 5) is 105. The number of hydrogen-bond acceptors (Lipinski definition) is 23. The van der Waals surface area contributed by atoms with E-state index >= 15 is 0 Å². The molecule has 0 aliphatic heterocycles. The summed E-state index contributed by atoms with van der Waals surface area (Å²) in [5, 5.41) is 49.9. The van der Waals surface area contributed by atoms with Crippen molar-refractivity contribution in [3.8, 4) is 0 Å². The third-order valence-electron chi connectivity index (χ3n) is 5.89. The van der Waals surface area contributed by atoms with E-state index in [0.717, 1.165) is 0 Å². The van der Waals surface area contributed by atoms with Crippen molar-refractivity contribution in [2.75, 3.05) is 6.61 Å². The topological polar surface area (TPSA) is 554 Å². The minimum absolute atomic E-state index is 0.0208. The molecule has 0 aromatic carbocycles. The number of carboxylic acid groups (broad SMARTS) is 4. The molecule has 24 N–H and O–H groups in total. The van der Waals surface area contributed by atoms with Gasteiger partial charge in [-0.2, -0.15) is 0 Å². The zero-order valence-corrected chi connectivity index (χ0v) is 32.7. The highest BCUT2D eigenvalue weighted by Crippen LogP contribution is 1.98. The van der Waals surface area contributed by atoms with Crippen LogP contribution in [0.25, 0.3) is 0 Å². The fourth-order valence-corrected chi connectivity index (χ4v) is 2.14. The largest absolute Gasteiger partial charge is 0.481 e. The SMILES string of the molecule is CC(C)[C@H](N)C(=O)O.C[C@@H](O)[C@H](N)C(=O)O.C[C@@H](O)[C@H](N)C(=O)OC(=O)[C@@H](N)COC(=O)[C@@H](N)CC(N)=O.C[C@H](N)C(=O)OC(=O)[C@H](C)N.N[C@@H](CC(=O)O)C(=O)O. The number of nitrogens with two attached hydrogens (primary N) is 9. The number of primary amides is 1. The van der Waals surface area contributed by atoms with Crippen LogP contribution in [-0.2, 0) is 62.2 Å². The van der Waals surface area contributed by atoms with Gasteiger partial charge in [-0.3, -0.25) is 28.8 Å². The summed E-state index contributed by atoms with van der Waals surface area (Å²) in [6, 6.07) is -8.91. The number of aliphatic hydroxyl groups excluding tert-OH is 2. The van der Waals surface area contributed by atoms with Crippen molar-refractivity contribution in [2.24, 2.45) is 57.5 Å². The van der Waals surface area contributed by atoms with Crippen LogP contribution in [0.1, 0.15) is 54.4 Å². The van der Waals surface area contributed by atoms with Crippen molar-refractivity contribution < 1.29 is 92.8 Å². The van der Waals surface area contributed by atoms with E-state index in [4.69, 9.17) is 82.2 Å². The second-order valence-electron chi connectivity index (χ2n) is 12.1. The molecule has 28 nitrogen and oxygen atoms in total. The number of carbonyl (C=O) groups excluding carboxylic acids is 6. The lowest BCUT2D eigenvalue weighted by Gasteiger charge is -2.16. The number of aliphatic carboxylic acids is 4. The average Bonchev–Trinajstić information content (AvgIpc) is 3.09. The number of hydrogen-bond donors (Lipinski definition) is 15. The molecule has 58 heavy (non-hydrogen) atoms. The second kappa shape index (κ2) is 32.8. The molecule has 0 aliphatic rings. The van der Waals surface area contributed by atoms with E-state index in [-0.39, 0.29) is 5.92 Å². The van der Waals surface area contributed by atoms with Gasteiger partial charge in [0.1, 0.15) is 54.9 Å². The Bertz CT molecular complexity index is 1300. The van der Waals surface area contributed by atoms with Crippen LogP contribution in [0, 0.1) is 5.92 Å². The third kappa shape index (κ3) is 35.1. The van der Waals surface area contributed by atoms with Crippen molar-refractivity contribution in [3.63, 3.8) is 0 Å². The van der Waals surface area contributed by atoms with Gasteiger partial charge >= 0.3 is 53.7 Å². The monoisotopic (exact) mass is 849 g/mol. The molecule has 0 bridgehead atoms. The average molecular weight is 850 g/mol. The molecular formula is C30H59N9O19. The van der Waals surface area contributed by atoms with Crippen LogP contribution in [0.3, 0.4) is 0 Å². The third-order valence-corrected chi connectivity index (χ3v) is 5.89. The number of ether oxygens (including phenoxy) is 3. The zero-order chi connectivity index (χ0) is 47.4. The van der Waals surface area contributed by atoms with E-state index in [1.54, 1.807) is 13.8 Å².